The number of aromatic nitrogens is 3. The lowest BCUT2D eigenvalue weighted by Gasteiger charge is -2.21. The molecular weight excluding hydrogens is 655 g/mol. The van der Waals surface area contributed by atoms with Gasteiger partial charge in [0.25, 0.3) is 0 Å². The van der Waals surface area contributed by atoms with Crippen LogP contribution >= 0.6 is 0 Å². The van der Waals surface area contributed by atoms with E-state index in [-0.39, 0.29) is 5.41 Å². The van der Waals surface area contributed by atoms with E-state index < -0.39 is 0 Å². The molecule has 0 bridgehead atoms. The molecule has 0 radical (unpaired) electrons. The number of rotatable bonds is 4. The third kappa shape index (κ3) is 4.55. The Labute approximate surface area is 313 Å². The zero-order valence-electron chi connectivity index (χ0n) is 30.1. The summed E-state index contributed by atoms with van der Waals surface area (Å²) < 4.78 is 2.30. The van der Waals surface area contributed by atoms with Crippen molar-refractivity contribution >= 4 is 43.5 Å². The summed E-state index contributed by atoms with van der Waals surface area (Å²) in [6.45, 7) is 4.67. The minimum absolute atomic E-state index is 0.0224. The van der Waals surface area contributed by atoms with Crippen molar-refractivity contribution in [3.05, 3.63) is 187 Å². The van der Waals surface area contributed by atoms with Gasteiger partial charge in [-0.15, -0.1) is 0 Å². The molecular formula is C51H35N3. The molecule has 0 saturated heterocycles. The van der Waals surface area contributed by atoms with Crippen molar-refractivity contribution in [1.82, 2.24) is 14.5 Å². The third-order valence-electron chi connectivity index (χ3n) is 11.6. The Morgan fingerprint density at radius 1 is 0.426 bits per heavy atom. The Kier molecular flexibility index (Phi) is 6.60. The monoisotopic (exact) mass is 689 g/mol. The normalized spacial score (nSPS) is 13.1. The smallest absolute Gasteiger partial charge is 0.235 e. The van der Waals surface area contributed by atoms with Crippen molar-refractivity contribution in [3.8, 4) is 50.6 Å². The summed E-state index contributed by atoms with van der Waals surface area (Å²) >= 11 is 0. The highest BCUT2D eigenvalue weighted by molar-refractivity contribution is 6.17. The van der Waals surface area contributed by atoms with Crippen LogP contribution in [0.5, 0.6) is 0 Å². The average molecular weight is 690 g/mol. The van der Waals surface area contributed by atoms with Gasteiger partial charge in [0.15, 0.2) is 0 Å². The molecule has 0 fully saturated rings. The van der Waals surface area contributed by atoms with Crippen molar-refractivity contribution in [3.63, 3.8) is 0 Å². The van der Waals surface area contributed by atoms with Gasteiger partial charge in [-0.2, -0.15) is 0 Å². The van der Waals surface area contributed by atoms with E-state index in [0.717, 1.165) is 44.3 Å². The van der Waals surface area contributed by atoms with E-state index in [1.807, 2.05) is 0 Å². The summed E-state index contributed by atoms with van der Waals surface area (Å²) in [5.74, 6) is 0.659. The molecule has 3 heteroatoms. The van der Waals surface area contributed by atoms with Crippen LogP contribution in [0, 0.1) is 0 Å². The molecule has 0 saturated carbocycles. The van der Waals surface area contributed by atoms with Gasteiger partial charge in [0, 0.05) is 32.7 Å². The minimum Gasteiger partial charge on any atom is -0.277 e. The first kappa shape index (κ1) is 30.8. The van der Waals surface area contributed by atoms with E-state index in [0.29, 0.717) is 5.95 Å². The van der Waals surface area contributed by atoms with E-state index in [1.165, 1.54) is 54.9 Å². The summed E-state index contributed by atoms with van der Waals surface area (Å²) in [5, 5.41) is 5.78. The van der Waals surface area contributed by atoms with Crippen LogP contribution in [0.1, 0.15) is 25.0 Å². The SMILES string of the molecule is CC1(C)c2ccccc2-c2cc(-c3cccc(-c4cccc5c6cc7ccccc7cc6n(-c6nc(-c7ccccc7)c7ccccc7n6)c45)c3)ccc21. The highest BCUT2D eigenvalue weighted by Gasteiger charge is 2.35. The molecule has 254 valence electrons. The summed E-state index contributed by atoms with van der Waals surface area (Å²) in [5.41, 5.74) is 15.2. The highest BCUT2D eigenvalue weighted by atomic mass is 15.2. The van der Waals surface area contributed by atoms with Gasteiger partial charge >= 0.3 is 0 Å². The van der Waals surface area contributed by atoms with Crippen molar-refractivity contribution in [2.24, 2.45) is 0 Å². The lowest BCUT2D eigenvalue weighted by molar-refractivity contribution is 0.660. The van der Waals surface area contributed by atoms with Crippen LogP contribution < -0.4 is 0 Å². The van der Waals surface area contributed by atoms with Crippen molar-refractivity contribution < 1.29 is 0 Å². The first-order chi connectivity index (χ1) is 26.5. The van der Waals surface area contributed by atoms with E-state index in [9.17, 15) is 0 Å². The fourth-order valence-electron chi connectivity index (χ4n) is 8.94. The molecule has 0 atom stereocenters. The molecule has 2 heterocycles. The molecule has 0 spiro atoms. The zero-order chi connectivity index (χ0) is 36.0. The summed E-state index contributed by atoms with van der Waals surface area (Å²) in [6, 6.07) is 63.6. The fraction of sp³-hybridized carbons (Fsp3) is 0.0588. The molecule has 11 rings (SSSR count). The van der Waals surface area contributed by atoms with E-state index in [4.69, 9.17) is 9.97 Å². The molecule has 0 aliphatic heterocycles. The Morgan fingerprint density at radius 3 is 1.96 bits per heavy atom. The van der Waals surface area contributed by atoms with Crippen molar-refractivity contribution in [2.75, 3.05) is 0 Å². The van der Waals surface area contributed by atoms with Crippen LogP contribution in [0.25, 0.3) is 94.1 Å². The molecule has 1 aliphatic carbocycles. The van der Waals surface area contributed by atoms with Crippen LogP contribution in [-0.2, 0) is 5.41 Å². The lowest BCUT2D eigenvalue weighted by atomic mass is 9.82. The van der Waals surface area contributed by atoms with Gasteiger partial charge in [0.1, 0.15) is 0 Å². The van der Waals surface area contributed by atoms with Gasteiger partial charge < -0.3 is 0 Å². The molecule has 2 aromatic heterocycles. The number of hydrogen-bond acceptors (Lipinski definition) is 2. The standard InChI is InChI=1S/C51H35N3/c1-51(2)44-24-10-8-20-39(44)42-29-36(26-27-45(42)51)33-18-12-19-37(28-33)38-22-13-23-40-43-30-34-16-6-7-17-35(34)31-47(43)54(49(38)40)50-52-46-25-11-9-21-41(46)48(53-50)32-14-4-3-5-15-32/h3-31H,1-2H3. The van der Waals surface area contributed by atoms with Crippen LogP contribution in [0.2, 0.25) is 0 Å². The Morgan fingerprint density at radius 2 is 1.07 bits per heavy atom. The molecule has 0 amide bonds. The predicted octanol–water partition coefficient (Wildman–Crippen LogP) is 13.2. The van der Waals surface area contributed by atoms with Crippen molar-refractivity contribution in [2.45, 2.75) is 19.3 Å². The summed E-state index contributed by atoms with van der Waals surface area (Å²) in [7, 11) is 0. The lowest BCUT2D eigenvalue weighted by Crippen LogP contribution is -2.14. The largest absolute Gasteiger partial charge is 0.277 e. The van der Waals surface area contributed by atoms with Gasteiger partial charge in [0.2, 0.25) is 5.95 Å². The van der Waals surface area contributed by atoms with E-state index in [2.05, 4.69) is 194 Å². The maximum atomic E-state index is 5.41. The number of benzene rings is 8. The maximum Gasteiger partial charge on any atom is 0.235 e. The van der Waals surface area contributed by atoms with E-state index >= 15 is 0 Å². The summed E-state index contributed by atoms with van der Waals surface area (Å²) in [4.78, 5) is 10.7. The number of fused-ring (bicyclic) bond motifs is 8. The Hall–Kier alpha value is -6.84. The molecule has 1 aliphatic rings. The topological polar surface area (TPSA) is 30.7 Å². The van der Waals surface area contributed by atoms with E-state index in [1.54, 1.807) is 0 Å². The maximum absolute atomic E-state index is 5.41. The van der Waals surface area contributed by atoms with Crippen LogP contribution in [0.4, 0.5) is 0 Å². The molecule has 8 aromatic carbocycles. The van der Waals surface area contributed by atoms with Gasteiger partial charge in [-0.05, 0) is 80.0 Å². The van der Waals surface area contributed by atoms with Gasteiger partial charge in [-0.1, -0.05) is 159 Å². The van der Waals surface area contributed by atoms with Crippen LogP contribution in [-0.4, -0.2) is 14.5 Å². The van der Waals surface area contributed by atoms with Crippen LogP contribution in [0.15, 0.2) is 176 Å². The molecule has 3 nitrogen and oxygen atoms in total. The molecule has 0 unspecified atom stereocenters. The Bertz CT molecular complexity index is 3130. The molecule has 54 heavy (non-hydrogen) atoms. The minimum atomic E-state index is -0.0224. The fourth-order valence-corrected chi connectivity index (χ4v) is 8.94. The first-order valence-corrected chi connectivity index (χ1v) is 18.7. The second-order valence-electron chi connectivity index (χ2n) is 15.0. The number of nitrogens with zero attached hydrogens (tertiary/aromatic N) is 3. The Balaban J connectivity index is 1.17. The predicted molar refractivity (Wildman–Crippen MR) is 225 cm³/mol. The molecule has 0 N–H and O–H groups in total. The zero-order valence-corrected chi connectivity index (χ0v) is 30.1. The third-order valence-corrected chi connectivity index (χ3v) is 11.6. The quantitative estimate of drug-likeness (QED) is 0.184. The van der Waals surface area contributed by atoms with Gasteiger partial charge in [-0.25, -0.2) is 9.97 Å². The van der Waals surface area contributed by atoms with Gasteiger partial charge in [-0.3, -0.25) is 4.57 Å². The summed E-state index contributed by atoms with van der Waals surface area (Å²) in [6.07, 6.45) is 0. The number of para-hydroxylation sites is 2. The number of hydrogen-bond donors (Lipinski definition) is 0. The second-order valence-corrected chi connectivity index (χ2v) is 15.0. The highest BCUT2D eigenvalue weighted by Crippen LogP contribution is 2.50. The molecule has 10 aromatic rings. The second kappa shape index (κ2) is 11.6. The van der Waals surface area contributed by atoms with Gasteiger partial charge in [0.05, 0.1) is 22.2 Å². The van der Waals surface area contributed by atoms with Crippen LogP contribution in [0.3, 0.4) is 0 Å². The average Bonchev–Trinajstić information content (AvgIpc) is 3.67. The van der Waals surface area contributed by atoms with Crippen molar-refractivity contribution in [1.29, 1.82) is 0 Å². The first-order valence-electron chi connectivity index (χ1n) is 18.7.